The minimum absolute atomic E-state index is 0.295. The van der Waals surface area contributed by atoms with Crippen molar-refractivity contribution in [3.05, 3.63) is 59.1 Å². The van der Waals surface area contributed by atoms with E-state index in [-0.39, 0.29) is 5.91 Å². The maximum absolute atomic E-state index is 12.4. The van der Waals surface area contributed by atoms with Gasteiger partial charge < -0.3 is 14.6 Å². The molecule has 2 aromatic rings. The first-order valence-electron chi connectivity index (χ1n) is 7.26. The molecule has 0 aliphatic carbocycles. The lowest BCUT2D eigenvalue weighted by atomic mass is 10.1. The van der Waals surface area contributed by atoms with Gasteiger partial charge in [0.2, 0.25) is 5.91 Å². The van der Waals surface area contributed by atoms with E-state index in [1.54, 1.807) is 43.6 Å². The molecule has 24 heavy (non-hydrogen) atoms. The van der Waals surface area contributed by atoms with Gasteiger partial charge in [0, 0.05) is 36.5 Å². The third-order valence-electron chi connectivity index (χ3n) is 3.54. The van der Waals surface area contributed by atoms with Crippen LogP contribution in [0.25, 0.3) is 6.08 Å². The number of imidazole rings is 1. The number of rotatable bonds is 6. The number of carbonyl (C=O) groups is 2. The number of amides is 1. The first-order valence-corrected chi connectivity index (χ1v) is 7.64. The second-order valence-electron chi connectivity index (χ2n) is 5.15. The summed E-state index contributed by atoms with van der Waals surface area (Å²) >= 11 is 5.83. The molecule has 0 saturated heterocycles. The lowest BCUT2D eigenvalue weighted by Gasteiger charge is -2.24. The number of hydrogen-bond acceptors (Lipinski definition) is 4. The first-order chi connectivity index (χ1) is 11.5. The Morgan fingerprint density at radius 1 is 1.38 bits per heavy atom. The Labute approximate surface area is 145 Å². The van der Waals surface area contributed by atoms with Gasteiger partial charge in [-0.2, -0.15) is 0 Å². The molecule has 0 aliphatic rings. The number of benzene rings is 1. The van der Waals surface area contributed by atoms with Crippen LogP contribution in [0.15, 0.2) is 42.9 Å². The van der Waals surface area contributed by atoms with Crippen LogP contribution in [0.4, 0.5) is 0 Å². The number of aromatic amines is 1. The number of halogens is 1. The highest BCUT2D eigenvalue weighted by molar-refractivity contribution is 6.30. The number of H-pyrrole nitrogens is 1. The minimum Gasteiger partial charge on any atom is -0.467 e. The molecule has 126 valence electrons. The van der Waals surface area contributed by atoms with Crippen LogP contribution in [-0.2, 0) is 20.7 Å². The summed E-state index contributed by atoms with van der Waals surface area (Å²) in [7, 11) is 2.86. The molecule has 1 aromatic carbocycles. The van der Waals surface area contributed by atoms with Gasteiger partial charge in [-0.1, -0.05) is 23.7 Å². The summed E-state index contributed by atoms with van der Waals surface area (Å²) in [6.07, 6.45) is 6.50. The standard InChI is InChI=1S/C17H18ClN3O3/c1-21(15(17(23)24-2)9-14-10-19-11-20-14)16(22)8-5-12-3-6-13(18)7-4-12/h3-8,10-11,15H,9H2,1-2H3,(H,19,20)/t15-/m0/s1. The molecule has 1 amide bonds. The largest absolute Gasteiger partial charge is 0.467 e. The van der Waals surface area contributed by atoms with E-state index in [4.69, 9.17) is 16.3 Å². The van der Waals surface area contributed by atoms with Crippen molar-refractivity contribution in [1.29, 1.82) is 0 Å². The molecule has 0 fully saturated rings. The molecule has 1 aromatic heterocycles. The molecule has 1 heterocycles. The van der Waals surface area contributed by atoms with Crippen molar-refractivity contribution in [3.8, 4) is 0 Å². The second kappa shape index (κ2) is 8.31. The van der Waals surface area contributed by atoms with Crippen LogP contribution in [0, 0.1) is 0 Å². The van der Waals surface area contributed by atoms with Gasteiger partial charge in [0.25, 0.3) is 0 Å². The highest BCUT2D eigenvalue weighted by Gasteiger charge is 2.27. The number of ether oxygens (including phenoxy) is 1. The number of likely N-dealkylation sites (N-methyl/N-ethyl adjacent to an activating group) is 1. The van der Waals surface area contributed by atoms with Gasteiger partial charge in [-0.15, -0.1) is 0 Å². The fraction of sp³-hybridized carbons (Fsp3) is 0.235. The number of hydrogen-bond donors (Lipinski definition) is 1. The quantitative estimate of drug-likeness (QED) is 0.642. The van der Waals surface area contributed by atoms with E-state index in [0.29, 0.717) is 11.4 Å². The van der Waals surface area contributed by atoms with E-state index in [1.165, 1.54) is 24.4 Å². The van der Waals surface area contributed by atoms with Crippen LogP contribution in [-0.4, -0.2) is 46.9 Å². The highest BCUT2D eigenvalue weighted by atomic mass is 35.5. The summed E-state index contributed by atoms with van der Waals surface area (Å²) in [4.78, 5) is 32.5. The van der Waals surface area contributed by atoms with E-state index in [0.717, 1.165) is 11.3 Å². The maximum Gasteiger partial charge on any atom is 0.328 e. The summed E-state index contributed by atoms with van der Waals surface area (Å²) in [6, 6.07) is 6.34. The van der Waals surface area contributed by atoms with Crippen LogP contribution >= 0.6 is 11.6 Å². The summed E-state index contributed by atoms with van der Waals surface area (Å²) in [5.41, 5.74) is 1.58. The number of carbonyl (C=O) groups excluding carboxylic acids is 2. The van der Waals surface area contributed by atoms with Crippen molar-refractivity contribution in [2.45, 2.75) is 12.5 Å². The predicted octanol–water partition coefficient (Wildman–Crippen LogP) is 2.32. The maximum atomic E-state index is 12.4. The Kier molecular flexibility index (Phi) is 6.14. The van der Waals surface area contributed by atoms with Crippen molar-refractivity contribution in [1.82, 2.24) is 14.9 Å². The molecule has 1 N–H and O–H groups in total. The van der Waals surface area contributed by atoms with Crippen LogP contribution < -0.4 is 0 Å². The van der Waals surface area contributed by atoms with E-state index < -0.39 is 12.0 Å². The Bertz CT molecular complexity index is 711. The molecule has 0 aliphatic heterocycles. The lowest BCUT2D eigenvalue weighted by molar-refractivity contribution is -0.150. The van der Waals surface area contributed by atoms with Crippen LogP contribution in [0.1, 0.15) is 11.3 Å². The topological polar surface area (TPSA) is 75.3 Å². The summed E-state index contributed by atoms with van der Waals surface area (Å²) in [5.74, 6) is -0.791. The van der Waals surface area contributed by atoms with Crippen LogP contribution in [0.3, 0.4) is 0 Å². The molecule has 1 atom stereocenters. The summed E-state index contributed by atoms with van der Waals surface area (Å²) in [5, 5.41) is 0.626. The molecule has 0 saturated carbocycles. The smallest absolute Gasteiger partial charge is 0.328 e. The number of methoxy groups -OCH3 is 1. The fourth-order valence-corrected chi connectivity index (χ4v) is 2.26. The zero-order valence-electron chi connectivity index (χ0n) is 13.4. The molecule has 0 radical (unpaired) electrons. The summed E-state index contributed by atoms with van der Waals surface area (Å²) in [6.45, 7) is 0. The van der Waals surface area contributed by atoms with E-state index in [9.17, 15) is 9.59 Å². The van der Waals surface area contributed by atoms with Gasteiger partial charge in [-0.25, -0.2) is 9.78 Å². The monoisotopic (exact) mass is 347 g/mol. The molecule has 6 nitrogen and oxygen atoms in total. The average molecular weight is 348 g/mol. The van der Waals surface area contributed by atoms with Crippen LogP contribution in [0.2, 0.25) is 5.02 Å². The van der Waals surface area contributed by atoms with Gasteiger partial charge >= 0.3 is 5.97 Å². The van der Waals surface area contributed by atoms with Gasteiger partial charge in [-0.3, -0.25) is 4.79 Å². The van der Waals surface area contributed by atoms with Gasteiger partial charge in [-0.05, 0) is 23.8 Å². The SMILES string of the molecule is COC(=O)[C@H](Cc1cnc[nH]1)N(C)C(=O)C=Cc1ccc(Cl)cc1. The molecule has 2 rings (SSSR count). The predicted molar refractivity (Wildman–Crippen MR) is 91.4 cm³/mol. The second-order valence-corrected chi connectivity index (χ2v) is 5.59. The number of esters is 1. The highest BCUT2D eigenvalue weighted by Crippen LogP contribution is 2.12. The summed E-state index contributed by atoms with van der Waals surface area (Å²) < 4.78 is 4.80. The molecular formula is C17H18ClN3O3. The zero-order valence-corrected chi connectivity index (χ0v) is 14.2. The van der Waals surface area contributed by atoms with Crippen molar-refractivity contribution in [2.75, 3.05) is 14.2 Å². The normalized spacial score (nSPS) is 12.1. The zero-order chi connectivity index (χ0) is 17.5. The first kappa shape index (κ1) is 17.7. The van der Waals surface area contributed by atoms with Crippen molar-refractivity contribution in [3.63, 3.8) is 0 Å². The Morgan fingerprint density at radius 3 is 2.67 bits per heavy atom. The van der Waals surface area contributed by atoms with Crippen molar-refractivity contribution >= 4 is 29.6 Å². The van der Waals surface area contributed by atoms with E-state index >= 15 is 0 Å². The lowest BCUT2D eigenvalue weighted by Crippen LogP contribution is -2.43. The van der Waals surface area contributed by atoms with Crippen molar-refractivity contribution < 1.29 is 14.3 Å². The van der Waals surface area contributed by atoms with E-state index in [1.807, 2.05) is 0 Å². The Hall–Kier alpha value is -2.60. The molecule has 7 heteroatoms. The number of nitrogens with zero attached hydrogens (tertiary/aromatic N) is 2. The van der Waals surface area contributed by atoms with E-state index in [2.05, 4.69) is 9.97 Å². The third-order valence-corrected chi connectivity index (χ3v) is 3.80. The molecule has 0 spiro atoms. The average Bonchev–Trinajstić information content (AvgIpc) is 3.10. The van der Waals surface area contributed by atoms with Gasteiger partial charge in [0.15, 0.2) is 0 Å². The fourth-order valence-electron chi connectivity index (χ4n) is 2.13. The molecule has 0 bridgehead atoms. The third kappa shape index (κ3) is 4.70. The van der Waals surface area contributed by atoms with Crippen LogP contribution in [0.5, 0.6) is 0 Å². The Balaban J connectivity index is 2.09. The molecular weight excluding hydrogens is 330 g/mol. The molecule has 0 unspecified atom stereocenters. The van der Waals surface area contributed by atoms with Crippen molar-refractivity contribution in [2.24, 2.45) is 0 Å². The minimum atomic E-state index is -0.738. The number of aromatic nitrogens is 2. The Morgan fingerprint density at radius 2 is 2.08 bits per heavy atom. The van der Waals surface area contributed by atoms with Gasteiger partial charge in [0.1, 0.15) is 6.04 Å². The number of nitrogens with one attached hydrogen (secondary N) is 1. The van der Waals surface area contributed by atoms with Gasteiger partial charge in [0.05, 0.1) is 13.4 Å².